The van der Waals surface area contributed by atoms with E-state index in [-0.39, 0.29) is 0 Å². The number of hydrogen-bond acceptors (Lipinski definition) is 3. The number of rotatable bonds is 6. The predicted molar refractivity (Wildman–Crippen MR) is 92.5 cm³/mol. The number of fused-ring (bicyclic) bond motifs is 1. The van der Waals surface area contributed by atoms with Crippen molar-refractivity contribution in [3.05, 3.63) is 35.5 Å². The molecular formula is C16H24N4O2S. The van der Waals surface area contributed by atoms with Gasteiger partial charge >= 0.3 is 0 Å². The summed E-state index contributed by atoms with van der Waals surface area (Å²) in [6, 6.07) is 6.27. The molecule has 0 spiro atoms. The van der Waals surface area contributed by atoms with E-state index in [0.29, 0.717) is 32.7 Å². The molecule has 1 aromatic heterocycles. The van der Waals surface area contributed by atoms with Crippen molar-refractivity contribution < 1.29 is 8.42 Å². The van der Waals surface area contributed by atoms with Crippen LogP contribution in [-0.4, -0.2) is 54.7 Å². The average Bonchev–Trinajstić information content (AvgIpc) is 3.06. The lowest BCUT2D eigenvalue weighted by Gasteiger charge is -2.17. The van der Waals surface area contributed by atoms with E-state index in [1.54, 1.807) is 4.31 Å². The van der Waals surface area contributed by atoms with E-state index in [0.717, 1.165) is 23.9 Å². The van der Waals surface area contributed by atoms with E-state index < -0.39 is 10.2 Å². The Kier molecular flexibility index (Phi) is 4.72. The van der Waals surface area contributed by atoms with Crippen molar-refractivity contribution in [1.82, 2.24) is 13.6 Å². The lowest BCUT2D eigenvalue weighted by Crippen LogP contribution is -2.34. The minimum atomic E-state index is -3.25. The molecule has 3 rings (SSSR count). The van der Waals surface area contributed by atoms with Crippen LogP contribution in [0.4, 0.5) is 0 Å². The molecule has 2 aromatic rings. The van der Waals surface area contributed by atoms with E-state index in [1.807, 2.05) is 13.1 Å². The molecule has 1 aliphatic heterocycles. The summed E-state index contributed by atoms with van der Waals surface area (Å²) >= 11 is 0. The quantitative estimate of drug-likeness (QED) is 0.828. The largest absolute Gasteiger partial charge is 0.361 e. The van der Waals surface area contributed by atoms with E-state index in [4.69, 9.17) is 5.73 Å². The summed E-state index contributed by atoms with van der Waals surface area (Å²) in [6.07, 6.45) is 3.57. The smallest absolute Gasteiger partial charge is 0.282 e. The fraction of sp³-hybridized carbons (Fsp3) is 0.500. The lowest BCUT2D eigenvalue weighted by molar-refractivity contribution is 0.449. The Hall–Kier alpha value is -1.41. The minimum absolute atomic E-state index is 0.529. The summed E-state index contributed by atoms with van der Waals surface area (Å²) in [5.41, 5.74) is 9.13. The highest BCUT2D eigenvalue weighted by Crippen LogP contribution is 2.22. The molecule has 1 saturated heterocycles. The molecule has 0 amide bonds. The molecule has 0 aliphatic carbocycles. The highest BCUT2D eigenvalue weighted by atomic mass is 32.2. The molecule has 0 bridgehead atoms. The summed E-state index contributed by atoms with van der Waals surface area (Å²) < 4.78 is 27.7. The summed E-state index contributed by atoms with van der Waals surface area (Å²) in [6.45, 7) is 4.74. The van der Waals surface area contributed by atoms with Crippen molar-refractivity contribution in [1.29, 1.82) is 0 Å². The first-order valence-electron chi connectivity index (χ1n) is 8.10. The van der Waals surface area contributed by atoms with Gasteiger partial charge in [0.1, 0.15) is 0 Å². The maximum absolute atomic E-state index is 12.3. The third-order valence-electron chi connectivity index (χ3n) is 4.50. The van der Waals surface area contributed by atoms with Gasteiger partial charge in [-0.1, -0.05) is 13.0 Å². The molecule has 0 unspecified atom stereocenters. The van der Waals surface area contributed by atoms with Crippen LogP contribution < -0.4 is 5.73 Å². The van der Waals surface area contributed by atoms with Gasteiger partial charge in [-0.25, -0.2) is 0 Å². The predicted octanol–water partition coefficient (Wildman–Crippen LogP) is 1.09. The van der Waals surface area contributed by atoms with Crippen molar-refractivity contribution in [2.75, 3.05) is 32.7 Å². The van der Waals surface area contributed by atoms with Gasteiger partial charge < -0.3 is 10.7 Å². The zero-order valence-corrected chi connectivity index (χ0v) is 14.3. The normalized spacial score (nSPS) is 18.9. The topological polar surface area (TPSA) is 82.4 Å². The van der Waals surface area contributed by atoms with E-state index >= 15 is 0 Å². The molecular weight excluding hydrogens is 312 g/mol. The number of aromatic amines is 1. The molecule has 1 fully saturated rings. The molecule has 0 atom stereocenters. The van der Waals surface area contributed by atoms with Crippen molar-refractivity contribution in [3.63, 3.8) is 0 Å². The Morgan fingerprint density at radius 2 is 2.00 bits per heavy atom. The van der Waals surface area contributed by atoms with E-state index in [9.17, 15) is 8.42 Å². The maximum Gasteiger partial charge on any atom is 0.282 e. The second-order valence-corrected chi connectivity index (χ2v) is 7.81. The first kappa shape index (κ1) is 16.4. The number of nitrogens with two attached hydrogens (primary N) is 1. The Bertz CT molecular complexity index is 784. The molecule has 1 aromatic carbocycles. The highest BCUT2D eigenvalue weighted by Gasteiger charge is 2.34. The Morgan fingerprint density at radius 1 is 1.22 bits per heavy atom. The monoisotopic (exact) mass is 336 g/mol. The lowest BCUT2D eigenvalue weighted by atomic mass is 10.1. The van der Waals surface area contributed by atoms with Crippen LogP contribution in [0.25, 0.3) is 10.9 Å². The summed E-state index contributed by atoms with van der Waals surface area (Å²) in [5.74, 6) is 0. The zero-order chi connectivity index (χ0) is 16.4. The maximum atomic E-state index is 12.3. The average molecular weight is 336 g/mol. The first-order chi connectivity index (χ1) is 11.1. The second-order valence-electron chi connectivity index (χ2n) is 5.88. The number of nitrogens with one attached hydrogen (secondary N) is 1. The summed E-state index contributed by atoms with van der Waals surface area (Å²) in [7, 11) is -3.25. The van der Waals surface area contributed by atoms with Crippen molar-refractivity contribution in [3.8, 4) is 0 Å². The van der Waals surface area contributed by atoms with Crippen molar-refractivity contribution in [2.45, 2.75) is 19.8 Å². The highest BCUT2D eigenvalue weighted by molar-refractivity contribution is 7.87. The first-order valence-corrected chi connectivity index (χ1v) is 9.50. The third-order valence-corrected chi connectivity index (χ3v) is 6.61. The van der Waals surface area contributed by atoms with E-state index in [2.05, 4.69) is 23.2 Å². The van der Waals surface area contributed by atoms with Crippen molar-refractivity contribution >= 4 is 21.1 Å². The Morgan fingerprint density at radius 3 is 2.70 bits per heavy atom. The fourth-order valence-electron chi connectivity index (χ4n) is 3.16. The van der Waals surface area contributed by atoms with Crippen LogP contribution in [0.15, 0.2) is 24.4 Å². The van der Waals surface area contributed by atoms with Crippen LogP contribution in [0.3, 0.4) is 0 Å². The number of H-pyrrole nitrogens is 1. The van der Waals surface area contributed by atoms with Crippen LogP contribution in [-0.2, 0) is 23.1 Å². The van der Waals surface area contributed by atoms with Gasteiger partial charge in [0.2, 0.25) is 0 Å². The molecule has 2 heterocycles. The van der Waals surface area contributed by atoms with Gasteiger partial charge in [-0.3, -0.25) is 0 Å². The number of benzene rings is 1. The van der Waals surface area contributed by atoms with Crippen LogP contribution in [0.1, 0.15) is 18.1 Å². The van der Waals surface area contributed by atoms with Crippen LogP contribution >= 0.6 is 0 Å². The standard InChI is InChI=1S/C16H24N4O2S/c1-2-19-9-10-20(23(19,21)22)8-6-13-3-4-16-15(11-13)14(5-7-17)12-18-16/h3-4,11-12,18H,2,5-10,17H2,1H3. The molecule has 23 heavy (non-hydrogen) atoms. The fourth-order valence-corrected chi connectivity index (χ4v) is 4.76. The van der Waals surface area contributed by atoms with Crippen molar-refractivity contribution in [2.24, 2.45) is 5.73 Å². The number of hydrogen-bond donors (Lipinski definition) is 2. The molecule has 1 aliphatic rings. The third kappa shape index (κ3) is 3.14. The van der Waals surface area contributed by atoms with Crippen LogP contribution in [0, 0.1) is 0 Å². The molecule has 0 saturated carbocycles. The Balaban J connectivity index is 1.73. The second kappa shape index (κ2) is 6.60. The summed E-state index contributed by atoms with van der Waals surface area (Å²) in [5, 5.41) is 1.19. The van der Waals surface area contributed by atoms with Gasteiger partial charge in [-0.15, -0.1) is 0 Å². The summed E-state index contributed by atoms with van der Waals surface area (Å²) in [4.78, 5) is 3.26. The van der Waals surface area contributed by atoms with E-state index in [1.165, 1.54) is 15.3 Å². The SMILES string of the molecule is CCN1CCN(CCc2ccc3[nH]cc(CCN)c3c2)S1(=O)=O. The van der Waals surface area contributed by atoms with Gasteiger partial charge in [-0.2, -0.15) is 17.0 Å². The molecule has 3 N–H and O–H groups in total. The van der Waals surface area contributed by atoms with Gasteiger partial charge in [-0.05, 0) is 42.6 Å². The van der Waals surface area contributed by atoms with Gasteiger partial charge in [0.15, 0.2) is 0 Å². The number of nitrogens with zero attached hydrogens (tertiary/aromatic N) is 2. The number of likely N-dealkylation sites (N-methyl/N-ethyl adjacent to an activating group) is 1. The van der Waals surface area contributed by atoms with Gasteiger partial charge in [0, 0.05) is 43.3 Å². The Labute approximate surface area is 137 Å². The van der Waals surface area contributed by atoms with Crippen LogP contribution in [0.5, 0.6) is 0 Å². The minimum Gasteiger partial charge on any atom is -0.361 e. The van der Waals surface area contributed by atoms with Crippen LogP contribution in [0.2, 0.25) is 0 Å². The van der Waals surface area contributed by atoms with Gasteiger partial charge in [0.05, 0.1) is 0 Å². The molecule has 7 heteroatoms. The molecule has 126 valence electrons. The molecule has 6 nitrogen and oxygen atoms in total. The zero-order valence-electron chi connectivity index (χ0n) is 13.5. The molecule has 0 radical (unpaired) electrons. The van der Waals surface area contributed by atoms with Gasteiger partial charge in [0.25, 0.3) is 10.2 Å². The number of aromatic nitrogens is 1.